The van der Waals surface area contributed by atoms with Gasteiger partial charge in [0.15, 0.2) is 0 Å². The van der Waals surface area contributed by atoms with Gasteiger partial charge in [0, 0.05) is 18.5 Å². The molecule has 0 bridgehead atoms. The molecule has 0 atom stereocenters. The molecular weight excluding hydrogens is 196 g/mol. The molecule has 0 aliphatic heterocycles. The lowest BCUT2D eigenvalue weighted by atomic mass is 10.2. The minimum absolute atomic E-state index is 0.226. The van der Waals surface area contributed by atoms with E-state index in [1.54, 1.807) is 0 Å². The average Bonchev–Trinajstić information content (AvgIpc) is 2.63. The Balaban J connectivity index is 2.17. The highest BCUT2D eigenvalue weighted by Crippen LogP contribution is 2.26. The molecule has 2 rings (SSSR count). The van der Waals surface area contributed by atoms with Gasteiger partial charge in [-0.1, -0.05) is 12.1 Å². The number of nitrogens with zero attached hydrogens (tertiary/aromatic N) is 1. The molecular formula is C10H12N2OS. The van der Waals surface area contributed by atoms with E-state index >= 15 is 0 Å². The molecule has 0 amide bonds. The first kappa shape index (κ1) is 9.43. The summed E-state index contributed by atoms with van der Waals surface area (Å²) in [6.07, 6.45) is 0.770. The highest BCUT2D eigenvalue weighted by Gasteiger charge is 2.02. The topological polar surface area (TPSA) is 45.1 Å². The Morgan fingerprint density at radius 1 is 1.36 bits per heavy atom. The Labute approximate surface area is 86.6 Å². The van der Waals surface area contributed by atoms with Crippen LogP contribution in [0, 0.1) is 0 Å². The molecule has 0 radical (unpaired) electrons. The zero-order valence-corrected chi connectivity index (χ0v) is 8.55. The molecule has 0 spiro atoms. The van der Waals surface area contributed by atoms with Gasteiger partial charge in [0.25, 0.3) is 0 Å². The summed E-state index contributed by atoms with van der Waals surface area (Å²) in [5, 5.41) is 14.2. The minimum Gasteiger partial charge on any atom is -0.396 e. The van der Waals surface area contributed by atoms with E-state index in [0.717, 1.165) is 28.9 Å². The normalized spacial score (nSPS) is 10.6. The van der Waals surface area contributed by atoms with E-state index in [1.165, 1.54) is 11.5 Å². The summed E-state index contributed by atoms with van der Waals surface area (Å²) in [6, 6.07) is 8.05. The van der Waals surface area contributed by atoms with Gasteiger partial charge in [0.05, 0.1) is 5.52 Å². The van der Waals surface area contributed by atoms with Gasteiger partial charge < -0.3 is 10.4 Å². The van der Waals surface area contributed by atoms with Crippen molar-refractivity contribution in [1.29, 1.82) is 0 Å². The molecule has 0 saturated carbocycles. The summed E-state index contributed by atoms with van der Waals surface area (Å²) in [6.45, 7) is 1.02. The molecule has 2 N–H and O–H groups in total. The summed E-state index contributed by atoms with van der Waals surface area (Å²) in [7, 11) is 0. The largest absolute Gasteiger partial charge is 0.396 e. The number of hydrogen-bond acceptors (Lipinski definition) is 4. The molecule has 1 heterocycles. The van der Waals surface area contributed by atoms with E-state index in [4.69, 9.17) is 5.11 Å². The van der Waals surface area contributed by atoms with Crippen molar-refractivity contribution in [3.63, 3.8) is 0 Å². The number of fused-ring (bicyclic) bond motifs is 1. The summed E-state index contributed by atoms with van der Waals surface area (Å²) in [5.41, 5.74) is 1.03. The van der Waals surface area contributed by atoms with Crippen molar-refractivity contribution in [3.05, 3.63) is 24.3 Å². The second-order valence-corrected chi connectivity index (χ2v) is 3.81. The Morgan fingerprint density at radius 2 is 2.21 bits per heavy atom. The van der Waals surface area contributed by atoms with Gasteiger partial charge in [0.1, 0.15) is 5.00 Å². The zero-order valence-electron chi connectivity index (χ0n) is 7.73. The number of anilines is 1. The molecule has 1 aromatic heterocycles. The molecule has 0 aliphatic carbocycles. The second-order valence-electron chi connectivity index (χ2n) is 3.03. The van der Waals surface area contributed by atoms with Gasteiger partial charge >= 0.3 is 0 Å². The molecule has 1 aromatic carbocycles. The molecule has 2 aromatic rings. The molecule has 74 valence electrons. The predicted octanol–water partition coefficient (Wildman–Crippen LogP) is 2.09. The molecule has 0 saturated heterocycles. The second kappa shape index (κ2) is 4.39. The van der Waals surface area contributed by atoms with Crippen LogP contribution in [0.2, 0.25) is 0 Å². The fourth-order valence-corrected chi connectivity index (χ4v) is 2.08. The summed E-state index contributed by atoms with van der Waals surface area (Å²) in [5.74, 6) is 0. The third-order valence-corrected chi connectivity index (χ3v) is 2.84. The number of nitrogens with one attached hydrogen (secondary N) is 1. The van der Waals surface area contributed by atoms with Crippen LogP contribution in [0.4, 0.5) is 5.00 Å². The summed E-state index contributed by atoms with van der Waals surface area (Å²) in [4.78, 5) is 0. The quantitative estimate of drug-likeness (QED) is 0.756. The number of hydrogen-bond donors (Lipinski definition) is 2. The Bertz CT molecular complexity index is 413. The van der Waals surface area contributed by atoms with Crippen LogP contribution in [0.15, 0.2) is 24.3 Å². The van der Waals surface area contributed by atoms with E-state index < -0.39 is 0 Å². The van der Waals surface area contributed by atoms with Crippen molar-refractivity contribution >= 4 is 27.4 Å². The van der Waals surface area contributed by atoms with Crippen molar-refractivity contribution in [3.8, 4) is 0 Å². The maximum absolute atomic E-state index is 8.66. The molecule has 14 heavy (non-hydrogen) atoms. The van der Waals surface area contributed by atoms with E-state index in [0.29, 0.717) is 0 Å². The fourth-order valence-electron chi connectivity index (χ4n) is 1.30. The van der Waals surface area contributed by atoms with E-state index in [1.807, 2.05) is 18.2 Å². The lowest BCUT2D eigenvalue weighted by Crippen LogP contribution is -2.01. The molecule has 3 nitrogen and oxygen atoms in total. The van der Waals surface area contributed by atoms with Crippen LogP contribution in [0.5, 0.6) is 0 Å². The van der Waals surface area contributed by atoms with E-state index in [2.05, 4.69) is 15.8 Å². The Hall–Kier alpha value is -1.13. The van der Waals surface area contributed by atoms with Crippen LogP contribution < -0.4 is 5.32 Å². The van der Waals surface area contributed by atoms with Crippen molar-refractivity contribution in [2.24, 2.45) is 0 Å². The van der Waals surface area contributed by atoms with Gasteiger partial charge in [-0.05, 0) is 30.1 Å². The molecule has 0 unspecified atom stereocenters. The van der Waals surface area contributed by atoms with Gasteiger partial charge in [0.2, 0.25) is 0 Å². The monoisotopic (exact) mass is 208 g/mol. The number of aromatic nitrogens is 1. The SMILES string of the molecule is OCCCNc1snc2ccccc12. The Kier molecular flexibility index (Phi) is 2.96. The summed E-state index contributed by atoms with van der Waals surface area (Å²) >= 11 is 1.47. The highest BCUT2D eigenvalue weighted by atomic mass is 32.1. The number of rotatable bonds is 4. The van der Waals surface area contributed by atoms with Crippen LogP contribution >= 0.6 is 11.5 Å². The Morgan fingerprint density at radius 3 is 3.07 bits per heavy atom. The van der Waals surface area contributed by atoms with E-state index in [9.17, 15) is 0 Å². The van der Waals surface area contributed by atoms with Crippen LogP contribution in [0.1, 0.15) is 6.42 Å². The van der Waals surface area contributed by atoms with Crippen LogP contribution in [0.3, 0.4) is 0 Å². The van der Waals surface area contributed by atoms with Crippen LogP contribution in [-0.4, -0.2) is 22.6 Å². The summed E-state index contributed by atoms with van der Waals surface area (Å²) < 4.78 is 4.31. The number of aliphatic hydroxyl groups is 1. The van der Waals surface area contributed by atoms with Gasteiger partial charge in [-0.25, -0.2) is 0 Å². The maximum atomic E-state index is 8.66. The third-order valence-electron chi connectivity index (χ3n) is 2.00. The highest BCUT2D eigenvalue weighted by molar-refractivity contribution is 7.11. The third kappa shape index (κ3) is 1.86. The molecule has 4 heteroatoms. The average molecular weight is 208 g/mol. The fraction of sp³-hybridized carbons (Fsp3) is 0.300. The lowest BCUT2D eigenvalue weighted by Gasteiger charge is -2.00. The van der Waals surface area contributed by atoms with Gasteiger partial charge in [-0.3, -0.25) is 0 Å². The van der Waals surface area contributed by atoms with Crippen molar-refractivity contribution in [2.45, 2.75) is 6.42 Å². The van der Waals surface area contributed by atoms with Crippen LogP contribution in [-0.2, 0) is 0 Å². The standard InChI is InChI=1S/C10H12N2OS/c13-7-3-6-11-10-8-4-1-2-5-9(8)12-14-10/h1-2,4-5,11,13H,3,6-7H2. The van der Waals surface area contributed by atoms with Gasteiger partial charge in [-0.2, -0.15) is 4.37 Å². The first-order chi connectivity index (χ1) is 6.92. The van der Waals surface area contributed by atoms with Crippen molar-refractivity contribution in [2.75, 3.05) is 18.5 Å². The van der Waals surface area contributed by atoms with Crippen molar-refractivity contribution in [1.82, 2.24) is 4.37 Å². The number of benzene rings is 1. The van der Waals surface area contributed by atoms with Gasteiger partial charge in [-0.15, -0.1) is 0 Å². The zero-order chi connectivity index (χ0) is 9.80. The number of aliphatic hydroxyl groups excluding tert-OH is 1. The smallest absolute Gasteiger partial charge is 0.117 e. The molecule has 0 aliphatic rings. The first-order valence-corrected chi connectivity index (χ1v) is 5.38. The lowest BCUT2D eigenvalue weighted by molar-refractivity contribution is 0.292. The van der Waals surface area contributed by atoms with Crippen LogP contribution in [0.25, 0.3) is 10.9 Å². The maximum Gasteiger partial charge on any atom is 0.117 e. The first-order valence-electron chi connectivity index (χ1n) is 4.61. The van der Waals surface area contributed by atoms with Crippen molar-refractivity contribution < 1.29 is 5.11 Å². The molecule has 0 fully saturated rings. The minimum atomic E-state index is 0.226. The van der Waals surface area contributed by atoms with E-state index in [-0.39, 0.29) is 6.61 Å². The predicted molar refractivity (Wildman–Crippen MR) is 59.8 cm³/mol.